The fraction of sp³-hybridized carbons (Fsp3) is 0.533. The molecule has 1 aliphatic rings. The lowest BCUT2D eigenvalue weighted by molar-refractivity contribution is -0.117. The molecular weight excluding hydrogens is 259 g/mol. The molecule has 2 rings (SSSR count). The van der Waals surface area contributed by atoms with Crippen LogP contribution in [0, 0.1) is 12.7 Å². The van der Waals surface area contributed by atoms with Gasteiger partial charge in [0.05, 0.1) is 19.1 Å². The molecule has 1 amide bonds. The molecule has 1 fully saturated rings. The van der Waals surface area contributed by atoms with Gasteiger partial charge in [-0.2, -0.15) is 0 Å². The molecule has 2 N–H and O–H groups in total. The molecule has 110 valence electrons. The van der Waals surface area contributed by atoms with E-state index >= 15 is 0 Å². The molecule has 0 radical (unpaired) electrons. The lowest BCUT2D eigenvalue weighted by Gasteiger charge is -2.22. The Labute approximate surface area is 118 Å². The number of piperidine rings is 1. The Balaban J connectivity index is 1.70. The van der Waals surface area contributed by atoms with Crippen LogP contribution in [0.4, 0.5) is 10.1 Å². The van der Waals surface area contributed by atoms with Gasteiger partial charge < -0.3 is 15.4 Å². The van der Waals surface area contributed by atoms with Gasteiger partial charge in [-0.25, -0.2) is 4.39 Å². The first-order valence-corrected chi connectivity index (χ1v) is 7.03. The van der Waals surface area contributed by atoms with Crippen molar-refractivity contribution in [1.29, 1.82) is 0 Å². The Morgan fingerprint density at radius 2 is 2.20 bits per heavy atom. The first kappa shape index (κ1) is 14.9. The summed E-state index contributed by atoms with van der Waals surface area (Å²) in [5.74, 6) is -0.462. The third kappa shape index (κ3) is 4.58. The Bertz CT molecular complexity index is 459. The standard InChI is InChI=1S/C15H21FN2O2/c1-11-2-3-12(10-14(11)16)18-15(19)6-9-20-13-4-7-17-8-5-13/h2-3,10,13,17H,4-9H2,1H3,(H,18,19). The van der Waals surface area contributed by atoms with Crippen LogP contribution in [0.15, 0.2) is 18.2 Å². The smallest absolute Gasteiger partial charge is 0.226 e. The van der Waals surface area contributed by atoms with Crippen molar-refractivity contribution in [2.45, 2.75) is 32.3 Å². The Kier molecular flexibility index (Phi) is 5.49. The largest absolute Gasteiger partial charge is 0.378 e. The quantitative estimate of drug-likeness (QED) is 0.869. The number of nitrogens with one attached hydrogen (secondary N) is 2. The number of carbonyl (C=O) groups is 1. The van der Waals surface area contributed by atoms with Crippen LogP contribution in [0.1, 0.15) is 24.8 Å². The Hall–Kier alpha value is -1.46. The molecule has 1 aliphatic heterocycles. The summed E-state index contributed by atoms with van der Waals surface area (Å²) in [5, 5.41) is 5.94. The van der Waals surface area contributed by atoms with Crippen molar-refractivity contribution in [2.75, 3.05) is 25.0 Å². The van der Waals surface area contributed by atoms with Crippen LogP contribution in [0.3, 0.4) is 0 Å². The SMILES string of the molecule is Cc1ccc(NC(=O)CCOC2CCNCC2)cc1F. The monoisotopic (exact) mass is 280 g/mol. The van der Waals surface area contributed by atoms with Gasteiger partial charge in [-0.05, 0) is 50.6 Å². The highest BCUT2D eigenvalue weighted by Gasteiger charge is 2.13. The Morgan fingerprint density at radius 1 is 1.45 bits per heavy atom. The van der Waals surface area contributed by atoms with Gasteiger partial charge in [0.15, 0.2) is 0 Å². The molecule has 0 unspecified atom stereocenters. The lowest BCUT2D eigenvalue weighted by atomic mass is 10.1. The van der Waals surface area contributed by atoms with Crippen LogP contribution in [0.25, 0.3) is 0 Å². The third-order valence-electron chi connectivity index (χ3n) is 3.42. The van der Waals surface area contributed by atoms with Gasteiger partial charge in [-0.15, -0.1) is 0 Å². The van der Waals surface area contributed by atoms with E-state index in [0.717, 1.165) is 25.9 Å². The van der Waals surface area contributed by atoms with E-state index < -0.39 is 0 Å². The number of carbonyl (C=O) groups excluding carboxylic acids is 1. The summed E-state index contributed by atoms with van der Waals surface area (Å²) >= 11 is 0. The minimum absolute atomic E-state index is 0.151. The number of aryl methyl sites for hydroxylation is 1. The maximum atomic E-state index is 13.3. The molecule has 0 atom stereocenters. The molecule has 4 nitrogen and oxygen atoms in total. The minimum Gasteiger partial charge on any atom is -0.378 e. The van der Waals surface area contributed by atoms with Crippen molar-refractivity contribution in [1.82, 2.24) is 5.32 Å². The van der Waals surface area contributed by atoms with Crippen LogP contribution >= 0.6 is 0 Å². The summed E-state index contributed by atoms with van der Waals surface area (Å²) < 4.78 is 19.0. The number of benzene rings is 1. The highest BCUT2D eigenvalue weighted by Crippen LogP contribution is 2.14. The van der Waals surface area contributed by atoms with E-state index in [0.29, 0.717) is 24.3 Å². The summed E-state index contributed by atoms with van der Waals surface area (Å²) in [7, 11) is 0. The highest BCUT2D eigenvalue weighted by molar-refractivity contribution is 5.90. The summed E-state index contributed by atoms with van der Waals surface area (Å²) in [5.41, 5.74) is 1.05. The molecule has 0 bridgehead atoms. The van der Waals surface area contributed by atoms with Crippen molar-refractivity contribution < 1.29 is 13.9 Å². The summed E-state index contributed by atoms with van der Waals surface area (Å²) in [4.78, 5) is 11.7. The van der Waals surface area contributed by atoms with Crippen LogP contribution in [0.5, 0.6) is 0 Å². The minimum atomic E-state index is -0.311. The highest BCUT2D eigenvalue weighted by atomic mass is 19.1. The molecule has 1 aromatic rings. The molecule has 0 aromatic heterocycles. The number of ether oxygens (including phenoxy) is 1. The number of rotatable bonds is 5. The zero-order valence-corrected chi connectivity index (χ0v) is 11.7. The molecule has 0 spiro atoms. The van der Waals surface area contributed by atoms with E-state index in [4.69, 9.17) is 4.74 Å². The zero-order chi connectivity index (χ0) is 14.4. The van der Waals surface area contributed by atoms with Gasteiger partial charge >= 0.3 is 0 Å². The first-order chi connectivity index (χ1) is 9.65. The van der Waals surface area contributed by atoms with Crippen LogP contribution in [0.2, 0.25) is 0 Å². The molecule has 1 aromatic carbocycles. The van der Waals surface area contributed by atoms with Crippen LogP contribution < -0.4 is 10.6 Å². The van der Waals surface area contributed by atoms with E-state index in [2.05, 4.69) is 10.6 Å². The number of anilines is 1. The van der Waals surface area contributed by atoms with Gasteiger partial charge in [0.2, 0.25) is 5.91 Å². The fourth-order valence-electron chi connectivity index (χ4n) is 2.17. The summed E-state index contributed by atoms with van der Waals surface area (Å²) in [6, 6.07) is 4.68. The third-order valence-corrected chi connectivity index (χ3v) is 3.42. The van der Waals surface area contributed by atoms with Gasteiger partial charge in [0.1, 0.15) is 5.82 Å². The van der Waals surface area contributed by atoms with Crippen LogP contribution in [-0.4, -0.2) is 31.7 Å². The van der Waals surface area contributed by atoms with E-state index in [-0.39, 0.29) is 17.8 Å². The van der Waals surface area contributed by atoms with Crippen molar-refractivity contribution in [3.05, 3.63) is 29.6 Å². The van der Waals surface area contributed by atoms with Crippen molar-refractivity contribution >= 4 is 11.6 Å². The average Bonchev–Trinajstić information content (AvgIpc) is 2.44. The molecule has 1 saturated heterocycles. The molecule has 20 heavy (non-hydrogen) atoms. The lowest BCUT2D eigenvalue weighted by Crippen LogP contribution is -2.33. The van der Waals surface area contributed by atoms with Crippen molar-refractivity contribution in [3.8, 4) is 0 Å². The summed E-state index contributed by atoms with van der Waals surface area (Å²) in [6.45, 7) is 4.04. The normalized spacial score (nSPS) is 16.1. The van der Waals surface area contributed by atoms with Gasteiger partial charge in [-0.1, -0.05) is 6.07 Å². The maximum Gasteiger partial charge on any atom is 0.226 e. The summed E-state index contributed by atoms with van der Waals surface area (Å²) in [6.07, 6.45) is 2.52. The van der Waals surface area contributed by atoms with Crippen LogP contribution in [-0.2, 0) is 9.53 Å². The average molecular weight is 280 g/mol. The van der Waals surface area contributed by atoms with E-state index in [1.54, 1.807) is 19.1 Å². The molecule has 5 heteroatoms. The maximum absolute atomic E-state index is 13.3. The second-order valence-electron chi connectivity index (χ2n) is 5.08. The predicted octanol–water partition coefficient (Wildman–Crippen LogP) is 2.23. The fourth-order valence-corrected chi connectivity index (χ4v) is 2.17. The predicted molar refractivity (Wildman–Crippen MR) is 76.2 cm³/mol. The Morgan fingerprint density at radius 3 is 2.90 bits per heavy atom. The number of halogens is 1. The van der Waals surface area contributed by atoms with E-state index in [1.807, 2.05) is 0 Å². The van der Waals surface area contributed by atoms with Crippen molar-refractivity contribution in [3.63, 3.8) is 0 Å². The van der Waals surface area contributed by atoms with E-state index in [9.17, 15) is 9.18 Å². The molecule has 1 heterocycles. The second-order valence-corrected chi connectivity index (χ2v) is 5.08. The van der Waals surface area contributed by atoms with Crippen molar-refractivity contribution in [2.24, 2.45) is 0 Å². The molecule has 0 saturated carbocycles. The first-order valence-electron chi connectivity index (χ1n) is 7.03. The van der Waals surface area contributed by atoms with E-state index in [1.165, 1.54) is 6.07 Å². The topological polar surface area (TPSA) is 50.4 Å². The number of hydrogen-bond donors (Lipinski definition) is 2. The van der Waals surface area contributed by atoms with Gasteiger partial charge in [0, 0.05) is 5.69 Å². The van der Waals surface area contributed by atoms with Gasteiger partial charge in [-0.3, -0.25) is 4.79 Å². The zero-order valence-electron chi connectivity index (χ0n) is 11.7. The molecule has 0 aliphatic carbocycles. The number of hydrogen-bond acceptors (Lipinski definition) is 3. The van der Waals surface area contributed by atoms with Gasteiger partial charge in [0.25, 0.3) is 0 Å². The number of amides is 1. The molecular formula is C15H21FN2O2. The second kappa shape index (κ2) is 7.36.